The Hall–Kier alpha value is -1.80. The van der Waals surface area contributed by atoms with Crippen LogP contribution in [0.2, 0.25) is 0 Å². The maximum absolute atomic E-state index is 12.7. The van der Waals surface area contributed by atoms with Crippen molar-refractivity contribution < 1.29 is 24.2 Å². The molecule has 1 aromatic heterocycles. The summed E-state index contributed by atoms with van der Waals surface area (Å²) in [6, 6.07) is 0.0794. The predicted octanol–water partition coefficient (Wildman–Crippen LogP) is 1.79. The third-order valence-electron chi connectivity index (χ3n) is 5.63. The number of carbonyl (C=O) groups excluding carboxylic acids is 2. The zero-order chi connectivity index (χ0) is 18.8. The number of carbonyl (C=O) groups is 2. The van der Waals surface area contributed by atoms with Crippen LogP contribution in [0.1, 0.15) is 48.2 Å². The normalized spacial score (nSPS) is 27.9. The minimum Gasteiger partial charge on any atom is -0.485 e. The molecule has 0 radical (unpaired) electrons. The average Bonchev–Trinajstić information content (AvgIpc) is 3.12. The predicted molar refractivity (Wildman–Crippen MR) is 100 cm³/mol. The molecule has 2 amide bonds. The molecule has 2 aliphatic heterocycles. The van der Waals surface area contributed by atoms with Crippen molar-refractivity contribution in [2.75, 3.05) is 26.3 Å². The lowest BCUT2D eigenvalue weighted by atomic mass is 9.84. The number of likely N-dealkylation sites (tertiary alicyclic amines) is 1. The van der Waals surface area contributed by atoms with Gasteiger partial charge in [0.15, 0.2) is 11.5 Å². The summed E-state index contributed by atoms with van der Waals surface area (Å²) in [5, 5.41) is 14.7. The summed E-state index contributed by atoms with van der Waals surface area (Å²) in [6.07, 6.45) is 4.41. The van der Waals surface area contributed by atoms with Gasteiger partial charge in [0, 0.05) is 30.4 Å². The van der Waals surface area contributed by atoms with Crippen LogP contribution in [-0.2, 0) is 4.79 Å². The molecule has 1 aliphatic carbocycles. The highest BCUT2D eigenvalue weighted by molar-refractivity contribution is 7.12. The number of β-amino-alcohol motifs (C(OH)–C–C–N with tert-alkyl or cyclic N) is 1. The first-order valence-corrected chi connectivity index (χ1v) is 10.6. The summed E-state index contributed by atoms with van der Waals surface area (Å²) in [7, 11) is 0. The van der Waals surface area contributed by atoms with Crippen LogP contribution in [0.4, 0.5) is 0 Å². The maximum atomic E-state index is 12.7. The molecule has 7 nitrogen and oxygen atoms in total. The number of nitrogens with one attached hydrogen (secondary N) is 1. The molecule has 3 aliphatic rings. The zero-order valence-corrected chi connectivity index (χ0v) is 16.1. The van der Waals surface area contributed by atoms with E-state index in [-0.39, 0.29) is 29.9 Å². The molecule has 8 heteroatoms. The van der Waals surface area contributed by atoms with E-state index in [2.05, 4.69) is 5.32 Å². The van der Waals surface area contributed by atoms with E-state index in [4.69, 9.17) is 9.47 Å². The van der Waals surface area contributed by atoms with Gasteiger partial charge in [-0.3, -0.25) is 9.59 Å². The second-order valence-corrected chi connectivity index (χ2v) is 8.44. The van der Waals surface area contributed by atoms with Gasteiger partial charge >= 0.3 is 0 Å². The third kappa shape index (κ3) is 4.06. The van der Waals surface area contributed by atoms with E-state index in [0.29, 0.717) is 36.1 Å². The fraction of sp³-hybridized carbons (Fsp3) is 0.684. The molecule has 2 fully saturated rings. The number of aliphatic hydroxyl groups excluding tert-OH is 1. The molecule has 1 saturated carbocycles. The fourth-order valence-electron chi connectivity index (χ4n) is 4.17. The van der Waals surface area contributed by atoms with Crippen LogP contribution in [0.5, 0.6) is 11.5 Å². The minimum atomic E-state index is -0.388. The summed E-state index contributed by atoms with van der Waals surface area (Å²) in [4.78, 5) is 27.7. The standard InChI is InChI=1S/C19H26N2O5S/c22-14-2-1-7-21(10-14)19(24)12-3-5-13(6-4-12)20-18(23)17-16-15(11-27-17)25-8-9-26-16/h11-14,22H,1-10H2,(H,20,23). The van der Waals surface area contributed by atoms with Gasteiger partial charge in [0.1, 0.15) is 18.1 Å². The SMILES string of the molecule is O=C(NC1CCC(C(=O)N2CCCC(O)C2)CC1)c1scc2c1OCCO2. The first-order valence-electron chi connectivity index (χ1n) is 9.76. The van der Waals surface area contributed by atoms with Gasteiger partial charge in [-0.05, 0) is 38.5 Å². The zero-order valence-electron chi connectivity index (χ0n) is 15.3. The largest absolute Gasteiger partial charge is 0.485 e. The molecular formula is C19H26N2O5S. The molecule has 2 N–H and O–H groups in total. The molecule has 1 atom stereocenters. The van der Waals surface area contributed by atoms with Crippen molar-refractivity contribution in [3.05, 3.63) is 10.3 Å². The molecule has 0 bridgehead atoms. The number of amides is 2. The first-order chi connectivity index (χ1) is 13.1. The van der Waals surface area contributed by atoms with Crippen molar-refractivity contribution in [1.29, 1.82) is 0 Å². The van der Waals surface area contributed by atoms with E-state index < -0.39 is 0 Å². The molecule has 148 valence electrons. The number of thiophene rings is 1. The van der Waals surface area contributed by atoms with Crippen LogP contribution in [0.3, 0.4) is 0 Å². The second-order valence-electron chi connectivity index (χ2n) is 7.56. The van der Waals surface area contributed by atoms with E-state index in [0.717, 1.165) is 45.1 Å². The Bertz CT molecular complexity index is 698. The molecule has 1 unspecified atom stereocenters. The quantitative estimate of drug-likeness (QED) is 0.816. The van der Waals surface area contributed by atoms with Crippen molar-refractivity contribution in [2.24, 2.45) is 5.92 Å². The first kappa shape index (κ1) is 18.6. The lowest BCUT2D eigenvalue weighted by molar-refractivity contribution is -0.139. The summed E-state index contributed by atoms with van der Waals surface area (Å²) < 4.78 is 11.1. The van der Waals surface area contributed by atoms with Crippen molar-refractivity contribution in [3.8, 4) is 11.5 Å². The van der Waals surface area contributed by atoms with Crippen LogP contribution in [0.25, 0.3) is 0 Å². The number of nitrogens with zero attached hydrogens (tertiary/aromatic N) is 1. The lowest BCUT2D eigenvalue weighted by Gasteiger charge is -2.35. The summed E-state index contributed by atoms with van der Waals surface area (Å²) in [6.45, 7) is 2.18. The number of ether oxygens (including phenoxy) is 2. The highest BCUT2D eigenvalue weighted by Crippen LogP contribution is 2.39. The van der Waals surface area contributed by atoms with E-state index in [1.54, 1.807) is 0 Å². The van der Waals surface area contributed by atoms with E-state index in [1.807, 2.05) is 10.3 Å². The Labute approximate surface area is 162 Å². The van der Waals surface area contributed by atoms with Gasteiger partial charge in [0.2, 0.25) is 5.91 Å². The Morgan fingerprint density at radius 1 is 1.15 bits per heavy atom. The number of rotatable bonds is 3. The van der Waals surface area contributed by atoms with Gasteiger partial charge in [-0.2, -0.15) is 0 Å². The van der Waals surface area contributed by atoms with E-state index in [1.165, 1.54) is 11.3 Å². The molecule has 0 aromatic carbocycles. The van der Waals surface area contributed by atoms with Crippen LogP contribution in [0.15, 0.2) is 5.38 Å². The average molecular weight is 394 g/mol. The van der Waals surface area contributed by atoms with Gasteiger partial charge in [-0.1, -0.05) is 0 Å². The van der Waals surface area contributed by atoms with Crippen LogP contribution < -0.4 is 14.8 Å². The lowest BCUT2D eigenvalue weighted by Crippen LogP contribution is -2.46. The summed E-state index contributed by atoms with van der Waals surface area (Å²) >= 11 is 1.34. The molecule has 1 aromatic rings. The summed E-state index contributed by atoms with van der Waals surface area (Å²) in [5.41, 5.74) is 0. The van der Waals surface area contributed by atoms with Gasteiger partial charge in [0.25, 0.3) is 5.91 Å². The number of aliphatic hydroxyl groups is 1. The van der Waals surface area contributed by atoms with E-state index >= 15 is 0 Å². The highest BCUT2D eigenvalue weighted by Gasteiger charge is 2.33. The van der Waals surface area contributed by atoms with Crippen LogP contribution in [0, 0.1) is 5.92 Å². The fourth-order valence-corrected chi connectivity index (χ4v) is 5.00. The van der Waals surface area contributed by atoms with Crippen molar-refractivity contribution >= 4 is 23.2 Å². The van der Waals surface area contributed by atoms with Gasteiger partial charge in [0.05, 0.1) is 6.10 Å². The van der Waals surface area contributed by atoms with Crippen molar-refractivity contribution in [3.63, 3.8) is 0 Å². The molecule has 3 heterocycles. The van der Waals surface area contributed by atoms with Crippen LogP contribution in [-0.4, -0.2) is 60.3 Å². The van der Waals surface area contributed by atoms with Crippen molar-refractivity contribution in [1.82, 2.24) is 10.2 Å². The molecule has 27 heavy (non-hydrogen) atoms. The van der Waals surface area contributed by atoms with E-state index in [9.17, 15) is 14.7 Å². The number of hydrogen-bond acceptors (Lipinski definition) is 6. The highest BCUT2D eigenvalue weighted by atomic mass is 32.1. The van der Waals surface area contributed by atoms with Crippen molar-refractivity contribution in [2.45, 2.75) is 50.7 Å². The van der Waals surface area contributed by atoms with Gasteiger partial charge in [-0.15, -0.1) is 11.3 Å². The Morgan fingerprint density at radius 2 is 1.93 bits per heavy atom. The van der Waals surface area contributed by atoms with Crippen LogP contribution >= 0.6 is 11.3 Å². The number of fused-ring (bicyclic) bond motifs is 1. The van der Waals surface area contributed by atoms with Gasteiger partial charge < -0.3 is 24.8 Å². The number of hydrogen-bond donors (Lipinski definition) is 2. The Morgan fingerprint density at radius 3 is 2.70 bits per heavy atom. The molecule has 1 saturated heterocycles. The maximum Gasteiger partial charge on any atom is 0.265 e. The van der Waals surface area contributed by atoms with Gasteiger partial charge in [-0.25, -0.2) is 0 Å². The monoisotopic (exact) mass is 394 g/mol. The third-order valence-corrected chi connectivity index (χ3v) is 6.57. The number of piperidine rings is 1. The topological polar surface area (TPSA) is 88.1 Å². The summed E-state index contributed by atoms with van der Waals surface area (Å²) in [5.74, 6) is 1.25. The molecule has 0 spiro atoms. The Kier molecular flexibility index (Phi) is 5.54. The molecular weight excluding hydrogens is 368 g/mol. The smallest absolute Gasteiger partial charge is 0.265 e. The minimum absolute atomic E-state index is 0.00897. The second kappa shape index (κ2) is 8.06. The Balaban J connectivity index is 1.29. The molecule has 4 rings (SSSR count).